The monoisotopic (exact) mass is 308 g/mol. The highest BCUT2D eigenvalue weighted by atomic mass is 32.1. The van der Waals surface area contributed by atoms with Gasteiger partial charge in [0.1, 0.15) is 11.5 Å². The fourth-order valence-electron chi connectivity index (χ4n) is 1.70. The average molecular weight is 308 g/mol. The van der Waals surface area contributed by atoms with E-state index in [0.29, 0.717) is 18.1 Å². The van der Waals surface area contributed by atoms with Crippen LogP contribution in [0, 0.1) is 5.41 Å². The normalized spacial score (nSPS) is 12.3. The van der Waals surface area contributed by atoms with Gasteiger partial charge in [-0.2, -0.15) is 12.6 Å². The first-order chi connectivity index (χ1) is 9.34. The summed E-state index contributed by atoms with van der Waals surface area (Å²) in [4.78, 5) is 0. The third-order valence-electron chi connectivity index (χ3n) is 3.44. The van der Waals surface area contributed by atoms with E-state index in [9.17, 15) is 13.2 Å². The van der Waals surface area contributed by atoms with Crippen molar-refractivity contribution in [2.45, 2.75) is 33.1 Å². The summed E-state index contributed by atoms with van der Waals surface area (Å²) in [6.45, 7) is 4.63. The molecule has 2 nitrogen and oxygen atoms in total. The molecule has 6 heteroatoms. The summed E-state index contributed by atoms with van der Waals surface area (Å²) in [5.41, 5.74) is -0.00967. The van der Waals surface area contributed by atoms with Crippen molar-refractivity contribution in [1.29, 1.82) is 0 Å². The van der Waals surface area contributed by atoms with Crippen LogP contribution in [0.5, 0.6) is 11.5 Å². The second kappa shape index (κ2) is 7.11. The van der Waals surface area contributed by atoms with E-state index >= 15 is 0 Å². The Labute approximate surface area is 122 Å². The van der Waals surface area contributed by atoms with Gasteiger partial charge in [-0.3, -0.25) is 0 Å². The Morgan fingerprint density at radius 1 is 1.00 bits per heavy atom. The van der Waals surface area contributed by atoms with Gasteiger partial charge in [-0.25, -0.2) is 0 Å². The van der Waals surface area contributed by atoms with Gasteiger partial charge in [-0.1, -0.05) is 13.8 Å². The highest BCUT2D eigenvalue weighted by molar-refractivity contribution is 7.80. The maximum absolute atomic E-state index is 12.0. The van der Waals surface area contributed by atoms with E-state index < -0.39 is 6.36 Å². The molecule has 0 aliphatic rings. The SMILES string of the molecule is CCC(CC)(CS)COc1ccc(OC(F)(F)F)cc1. The minimum atomic E-state index is -4.67. The lowest BCUT2D eigenvalue weighted by molar-refractivity contribution is -0.274. The molecule has 0 bridgehead atoms. The van der Waals surface area contributed by atoms with Gasteiger partial charge >= 0.3 is 6.36 Å². The Kier molecular flexibility index (Phi) is 6.05. The first-order valence-electron chi connectivity index (χ1n) is 6.43. The molecule has 20 heavy (non-hydrogen) atoms. The summed E-state index contributed by atoms with van der Waals surface area (Å²) in [5.74, 6) is 0.971. The fraction of sp³-hybridized carbons (Fsp3) is 0.571. The molecule has 1 aromatic carbocycles. The summed E-state index contributed by atoms with van der Waals surface area (Å²) in [6, 6.07) is 5.41. The number of alkyl halides is 3. The lowest BCUT2D eigenvalue weighted by Gasteiger charge is -2.29. The summed E-state index contributed by atoms with van der Waals surface area (Å²) in [6.07, 6.45) is -2.81. The summed E-state index contributed by atoms with van der Waals surface area (Å²) in [5, 5.41) is 0. The van der Waals surface area contributed by atoms with Crippen molar-refractivity contribution in [2.24, 2.45) is 5.41 Å². The van der Waals surface area contributed by atoms with Gasteiger partial charge in [-0.05, 0) is 42.9 Å². The van der Waals surface area contributed by atoms with Crippen molar-refractivity contribution in [2.75, 3.05) is 12.4 Å². The molecule has 1 aromatic rings. The van der Waals surface area contributed by atoms with Crippen LogP contribution in [0.1, 0.15) is 26.7 Å². The minimum Gasteiger partial charge on any atom is -0.493 e. The molecule has 0 radical (unpaired) electrons. The molecule has 0 saturated heterocycles. The number of halogens is 3. The second-order valence-corrected chi connectivity index (χ2v) is 4.99. The standard InChI is InChI=1S/C14H19F3O2S/c1-3-13(4-2,10-20)9-18-11-5-7-12(8-6-11)19-14(15,16)17/h5-8,20H,3-4,9-10H2,1-2H3. The van der Waals surface area contributed by atoms with Crippen LogP contribution in [0.15, 0.2) is 24.3 Å². The molecule has 114 valence electrons. The molecular formula is C14H19F3O2S. The maximum atomic E-state index is 12.0. The molecule has 0 aromatic heterocycles. The van der Waals surface area contributed by atoms with Gasteiger partial charge in [0, 0.05) is 5.41 Å². The minimum absolute atomic E-state index is 0.00967. The Balaban J connectivity index is 2.62. The molecule has 0 fully saturated rings. The van der Waals surface area contributed by atoms with Gasteiger partial charge in [0.25, 0.3) is 0 Å². The van der Waals surface area contributed by atoms with Crippen LogP contribution < -0.4 is 9.47 Å². The highest BCUT2D eigenvalue weighted by Crippen LogP contribution is 2.30. The van der Waals surface area contributed by atoms with Crippen LogP contribution in [0.4, 0.5) is 13.2 Å². The van der Waals surface area contributed by atoms with E-state index in [1.807, 2.05) is 0 Å². The first-order valence-corrected chi connectivity index (χ1v) is 7.07. The summed E-state index contributed by atoms with van der Waals surface area (Å²) >= 11 is 4.35. The average Bonchev–Trinajstić information content (AvgIpc) is 2.41. The third-order valence-corrected chi connectivity index (χ3v) is 4.11. The number of ether oxygens (including phenoxy) is 2. The van der Waals surface area contributed by atoms with Gasteiger partial charge in [-0.15, -0.1) is 13.2 Å². The Morgan fingerprint density at radius 3 is 1.90 bits per heavy atom. The van der Waals surface area contributed by atoms with Crippen LogP contribution in [0.2, 0.25) is 0 Å². The third kappa shape index (κ3) is 5.15. The molecule has 0 spiro atoms. The van der Waals surface area contributed by atoms with Crippen LogP contribution >= 0.6 is 12.6 Å². The molecular weight excluding hydrogens is 289 g/mol. The van der Waals surface area contributed by atoms with E-state index in [2.05, 4.69) is 31.2 Å². The van der Waals surface area contributed by atoms with E-state index in [4.69, 9.17) is 4.74 Å². The molecule has 1 rings (SSSR count). The molecule has 0 amide bonds. The summed E-state index contributed by atoms with van der Waals surface area (Å²) < 4.78 is 45.5. The topological polar surface area (TPSA) is 18.5 Å². The zero-order valence-electron chi connectivity index (χ0n) is 11.5. The molecule has 0 saturated carbocycles. The largest absolute Gasteiger partial charge is 0.573 e. The zero-order valence-corrected chi connectivity index (χ0v) is 12.4. The van der Waals surface area contributed by atoms with Crippen molar-refractivity contribution in [3.8, 4) is 11.5 Å². The number of hydrogen-bond donors (Lipinski definition) is 1. The lowest BCUT2D eigenvalue weighted by atomic mass is 9.85. The smallest absolute Gasteiger partial charge is 0.493 e. The second-order valence-electron chi connectivity index (χ2n) is 4.67. The number of rotatable bonds is 7. The quantitative estimate of drug-likeness (QED) is 0.736. The molecule has 0 aliphatic heterocycles. The molecule has 0 heterocycles. The van der Waals surface area contributed by atoms with Gasteiger partial charge < -0.3 is 9.47 Å². The number of hydrogen-bond acceptors (Lipinski definition) is 3. The predicted octanol–water partition coefficient (Wildman–Crippen LogP) is 4.70. The number of benzene rings is 1. The summed E-state index contributed by atoms with van der Waals surface area (Å²) in [7, 11) is 0. The van der Waals surface area contributed by atoms with Crippen molar-refractivity contribution < 1.29 is 22.6 Å². The van der Waals surface area contributed by atoms with Gasteiger partial charge in [0.05, 0.1) is 6.61 Å². The van der Waals surface area contributed by atoms with E-state index in [-0.39, 0.29) is 11.2 Å². The van der Waals surface area contributed by atoms with E-state index in [1.165, 1.54) is 24.3 Å². The predicted molar refractivity (Wildman–Crippen MR) is 75.5 cm³/mol. The van der Waals surface area contributed by atoms with E-state index in [1.54, 1.807) is 0 Å². The molecule has 0 unspecified atom stereocenters. The Bertz CT molecular complexity index is 392. The van der Waals surface area contributed by atoms with Crippen molar-refractivity contribution in [1.82, 2.24) is 0 Å². The van der Waals surface area contributed by atoms with Gasteiger partial charge in [0.2, 0.25) is 0 Å². The van der Waals surface area contributed by atoms with Gasteiger partial charge in [0.15, 0.2) is 0 Å². The molecule has 0 N–H and O–H groups in total. The maximum Gasteiger partial charge on any atom is 0.573 e. The first kappa shape index (κ1) is 17.0. The van der Waals surface area contributed by atoms with Crippen LogP contribution in [0.25, 0.3) is 0 Å². The fourth-order valence-corrected chi connectivity index (χ4v) is 2.24. The van der Waals surface area contributed by atoms with Crippen LogP contribution in [-0.2, 0) is 0 Å². The molecule has 0 atom stereocenters. The van der Waals surface area contributed by atoms with Crippen molar-refractivity contribution in [3.63, 3.8) is 0 Å². The zero-order chi connectivity index (χ0) is 15.2. The Morgan fingerprint density at radius 2 is 1.50 bits per heavy atom. The van der Waals surface area contributed by atoms with E-state index in [0.717, 1.165) is 12.8 Å². The van der Waals surface area contributed by atoms with Crippen LogP contribution in [0.3, 0.4) is 0 Å². The number of thiol groups is 1. The lowest BCUT2D eigenvalue weighted by Crippen LogP contribution is -2.29. The Hall–Kier alpha value is -1.04. The van der Waals surface area contributed by atoms with Crippen molar-refractivity contribution >= 4 is 12.6 Å². The van der Waals surface area contributed by atoms with Crippen LogP contribution in [-0.4, -0.2) is 18.7 Å². The van der Waals surface area contributed by atoms with Crippen molar-refractivity contribution in [3.05, 3.63) is 24.3 Å². The highest BCUT2D eigenvalue weighted by Gasteiger charge is 2.31. The molecule has 0 aliphatic carbocycles.